The second kappa shape index (κ2) is 7.45. The lowest BCUT2D eigenvalue weighted by molar-refractivity contribution is -0.143. The molecule has 2 N–H and O–H groups in total. The molecular weight excluding hydrogens is 432 g/mol. The molecule has 0 aliphatic rings. The van der Waals surface area contributed by atoms with Crippen molar-refractivity contribution in [3.8, 4) is 0 Å². The Hall–Kier alpha value is -1.78. The van der Waals surface area contributed by atoms with Crippen molar-refractivity contribution in [2.24, 2.45) is 0 Å². The Labute approximate surface area is 156 Å². The Morgan fingerprint density at radius 2 is 1.42 bits per heavy atom. The highest BCUT2D eigenvalue weighted by atomic mass is 35.5. The van der Waals surface area contributed by atoms with Crippen molar-refractivity contribution < 1.29 is 30.7 Å². The maximum Gasteiger partial charge on any atom is 0.422 e. The van der Waals surface area contributed by atoms with Crippen LogP contribution in [-0.2, 0) is 6.18 Å². The summed E-state index contributed by atoms with van der Waals surface area (Å²) in [4.78, 5) is 0. The molecule has 0 aliphatic heterocycles. The SMILES string of the molecule is Fc1c(F)c(C(F)(F)F)c(F)c(F)c1NC(=S)Nc1cccc(Cl)c1Cl. The highest BCUT2D eigenvalue weighted by Gasteiger charge is 2.42. The van der Waals surface area contributed by atoms with Gasteiger partial charge in [-0.15, -0.1) is 0 Å². The smallest absolute Gasteiger partial charge is 0.331 e. The monoisotopic (exact) mass is 436 g/mol. The normalized spacial score (nSPS) is 11.4. The molecule has 2 rings (SSSR count). The minimum atomic E-state index is -5.64. The van der Waals surface area contributed by atoms with Crippen molar-refractivity contribution in [2.45, 2.75) is 6.18 Å². The molecule has 2 aromatic carbocycles. The van der Waals surface area contributed by atoms with Crippen LogP contribution in [0.5, 0.6) is 0 Å². The van der Waals surface area contributed by atoms with Crippen LogP contribution < -0.4 is 10.6 Å². The summed E-state index contributed by atoms with van der Waals surface area (Å²) in [5, 5.41) is 3.57. The molecule has 0 spiro atoms. The quantitative estimate of drug-likeness (QED) is 0.324. The molecule has 12 heteroatoms. The van der Waals surface area contributed by atoms with E-state index in [1.165, 1.54) is 18.2 Å². The summed E-state index contributed by atoms with van der Waals surface area (Å²) in [6.45, 7) is 0. The van der Waals surface area contributed by atoms with Crippen molar-refractivity contribution >= 4 is 51.9 Å². The van der Waals surface area contributed by atoms with Gasteiger partial charge in [-0.3, -0.25) is 0 Å². The molecule has 0 aliphatic carbocycles. The van der Waals surface area contributed by atoms with Crippen molar-refractivity contribution in [3.63, 3.8) is 0 Å². The standard InChI is InChI=1S/C14H5Cl2F7N2S/c15-4-2-1-3-5(7(4)16)24-13(26)25-12-10(19)8(17)6(14(21,22)23)9(18)11(12)20/h1-3H,(H2,24,25,26). The molecular formula is C14H5Cl2F7N2S. The third kappa shape index (κ3) is 3.97. The largest absolute Gasteiger partial charge is 0.422 e. The number of halogens is 9. The fraction of sp³-hybridized carbons (Fsp3) is 0.0714. The summed E-state index contributed by atoms with van der Waals surface area (Å²) in [5.74, 6) is -9.81. The van der Waals surface area contributed by atoms with Crippen LogP contribution in [0.15, 0.2) is 18.2 Å². The minimum absolute atomic E-state index is 0.0240. The van der Waals surface area contributed by atoms with Crippen LogP contribution in [0.1, 0.15) is 5.56 Å². The number of nitrogens with one attached hydrogen (secondary N) is 2. The number of alkyl halides is 3. The zero-order chi connectivity index (χ0) is 19.8. The van der Waals surface area contributed by atoms with E-state index in [0.29, 0.717) is 0 Å². The van der Waals surface area contributed by atoms with Gasteiger partial charge in [-0.05, 0) is 24.4 Å². The third-order valence-corrected chi connectivity index (χ3v) is 4.01. The van der Waals surface area contributed by atoms with Crippen molar-refractivity contribution in [1.29, 1.82) is 0 Å². The van der Waals surface area contributed by atoms with E-state index in [4.69, 9.17) is 35.4 Å². The first kappa shape index (κ1) is 20.5. The van der Waals surface area contributed by atoms with Crippen LogP contribution in [0.3, 0.4) is 0 Å². The fourth-order valence-electron chi connectivity index (χ4n) is 1.86. The molecule has 0 amide bonds. The summed E-state index contributed by atoms with van der Waals surface area (Å²) in [6.07, 6.45) is -5.64. The second-order valence-corrected chi connectivity index (χ2v) is 5.88. The van der Waals surface area contributed by atoms with Crippen LogP contribution in [0.2, 0.25) is 10.0 Å². The lowest BCUT2D eigenvalue weighted by atomic mass is 10.1. The number of hydrogen-bond acceptors (Lipinski definition) is 1. The van der Waals surface area contributed by atoms with Crippen LogP contribution in [-0.4, -0.2) is 5.11 Å². The van der Waals surface area contributed by atoms with Gasteiger partial charge in [0.15, 0.2) is 28.4 Å². The Kier molecular flexibility index (Phi) is 5.89. The molecule has 0 heterocycles. The summed E-state index contributed by atoms with van der Waals surface area (Å²) < 4.78 is 92.3. The van der Waals surface area contributed by atoms with E-state index in [2.05, 4.69) is 5.32 Å². The number of rotatable bonds is 2. The molecule has 0 radical (unpaired) electrons. The number of thiocarbonyl (C=S) groups is 1. The van der Waals surface area contributed by atoms with E-state index in [-0.39, 0.29) is 15.7 Å². The zero-order valence-corrected chi connectivity index (χ0v) is 14.4. The highest BCUT2D eigenvalue weighted by Crippen LogP contribution is 2.38. The maximum atomic E-state index is 13.8. The molecule has 26 heavy (non-hydrogen) atoms. The first-order valence-corrected chi connectivity index (χ1v) is 7.56. The van der Waals surface area contributed by atoms with Crippen LogP contribution >= 0.6 is 35.4 Å². The van der Waals surface area contributed by atoms with E-state index in [9.17, 15) is 30.7 Å². The lowest BCUT2D eigenvalue weighted by Crippen LogP contribution is -2.23. The molecule has 0 aromatic heterocycles. The second-order valence-electron chi connectivity index (χ2n) is 4.68. The predicted octanol–water partition coefficient (Wildman–Crippen LogP) is 6.38. The van der Waals surface area contributed by atoms with E-state index in [1.54, 1.807) is 5.32 Å². The molecule has 0 saturated heterocycles. The Morgan fingerprint density at radius 1 is 0.885 bits per heavy atom. The van der Waals surface area contributed by atoms with Gasteiger partial charge in [-0.2, -0.15) is 13.2 Å². The number of hydrogen-bond donors (Lipinski definition) is 2. The van der Waals surface area contributed by atoms with Gasteiger partial charge in [-0.1, -0.05) is 29.3 Å². The molecule has 0 bridgehead atoms. The minimum Gasteiger partial charge on any atom is -0.331 e. The topological polar surface area (TPSA) is 24.1 Å². The predicted molar refractivity (Wildman–Crippen MR) is 87.6 cm³/mol. The van der Waals surface area contributed by atoms with Gasteiger partial charge in [0.25, 0.3) is 0 Å². The van der Waals surface area contributed by atoms with Crippen LogP contribution in [0.25, 0.3) is 0 Å². The van der Waals surface area contributed by atoms with Crippen molar-refractivity contribution in [3.05, 3.63) is 57.1 Å². The Balaban J connectivity index is 2.38. The van der Waals surface area contributed by atoms with Crippen LogP contribution in [0.4, 0.5) is 42.1 Å². The summed E-state index contributed by atoms with van der Waals surface area (Å²) in [7, 11) is 0. The molecule has 0 fully saturated rings. The summed E-state index contributed by atoms with van der Waals surface area (Å²) in [5.41, 5.74) is -4.15. The van der Waals surface area contributed by atoms with Gasteiger partial charge in [-0.25, -0.2) is 17.6 Å². The molecule has 2 nitrogen and oxygen atoms in total. The van der Waals surface area contributed by atoms with Crippen LogP contribution in [0, 0.1) is 23.3 Å². The lowest BCUT2D eigenvalue weighted by Gasteiger charge is -2.16. The van der Waals surface area contributed by atoms with Gasteiger partial charge >= 0.3 is 6.18 Å². The first-order chi connectivity index (χ1) is 11.9. The average molecular weight is 437 g/mol. The Morgan fingerprint density at radius 3 is 1.92 bits per heavy atom. The van der Waals surface area contributed by atoms with E-state index in [1.807, 2.05) is 0 Å². The van der Waals surface area contributed by atoms with Gasteiger partial charge in [0.1, 0.15) is 11.3 Å². The number of anilines is 2. The zero-order valence-electron chi connectivity index (χ0n) is 12.0. The molecule has 0 unspecified atom stereocenters. The van der Waals surface area contributed by atoms with Gasteiger partial charge < -0.3 is 10.6 Å². The van der Waals surface area contributed by atoms with Gasteiger partial charge in [0.2, 0.25) is 0 Å². The maximum absolute atomic E-state index is 13.8. The first-order valence-electron chi connectivity index (χ1n) is 6.40. The molecule has 0 atom stereocenters. The van der Waals surface area contributed by atoms with E-state index in [0.717, 1.165) is 0 Å². The fourth-order valence-corrected chi connectivity index (χ4v) is 2.42. The van der Waals surface area contributed by atoms with Crippen molar-refractivity contribution in [2.75, 3.05) is 10.6 Å². The van der Waals surface area contributed by atoms with Crippen molar-refractivity contribution in [1.82, 2.24) is 0 Å². The van der Waals surface area contributed by atoms with E-state index < -0.39 is 45.8 Å². The Bertz CT molecular complexity index is 858. The number of benzene rings is 2. The third-order valence-electron chi connectivity index (χ3n) is 2.99. The molecule has 0 saturated carbocycles. The highest BCUT2D eigenvalue weighted by molar-refractivity contribution is 7.80. The van der Waals surface area contributed by atoms with Gasteiger partial charge in [0, 0.05) is 0 Å². The van der Waals surface area contributed by atoms with E-state index >= 15 is 0 Å². The molecule has 2 aromatic rings. The van der Waals surface area contributed by atoms with Gasteiger partial charge in [0.05, 0.1) is 15.7 Å². The average Bonchev–Trinajstić information content (AvgIpc) is 2.53. The summed E-state index contributed by atoms with van der Waals surface area (Å²) >= 11 is 16.3. The summed E-state index contributed by atoms with van der Waals surface area (Å²) in [6, 6.07) is 4.23. The molecule has 140 valence electrons.